The van der Waals surface area contributed by atoms with Gasteiger partial charge in [-0.1, -0.05) is 12.1 Å². The summed E-state index contributed by atoms with van der Waals surface area (Å²) >= 11 is 2.15. The Bertz CT molecular complexity index is 959. The minimum atomic E-state index is -0.573. The predicted molar refractivity (Wildman–Crippen MR) is 129 cm³/mol. The third-order valence-electron chi connectivity index (χ3n) is 4.37. The molecule has 1 amide bonds. The number of nitrogens with one attached hydrogen (secondary N) is 2. The lowest BCUT2D eigenvalue weighted by Crippen LogP contribution is -2.20. The molecule has 0 heterocycles. The van der Waals surface area contributed by atoms with Gasteiger partial charge in [-0.15, -0.1) is 0 Å². The molecule has 0 fully saturated rings. The van der Waals surface area contributed by atoms with E-state index in [2.05, 4.69) is 33.2 Å². The highest BCUT2D eigenvalue weighted by molar-refractivity contribution is 14.1. The zero-order chi connectivity index (χ0) is 23.0. The van der Waals surface area contributed by atoms with Gasteiger partial charge in [-0.2, -0.15) is 0 Å². The van der Waals surface area contributed by atoms with E-state index >= 15 is 0 Å². The maximum atomic E-state index is 13.2. The zero-order valence-corrected chi connectivity index (χ0v) is 20.2. The summed E-state index contributed by atoms with van der Waals surface area (Å²) in [4.78, 5) is 37.4. The number of anilines is 2. The van der Waals surface area contributed by atoms with Crippen molar-refractivity contribution in [1.29, 1.82) is 0 Å². The number of esters is 2. The van der Waals surface area contributed by atoms with Crippen LogP contribution < -0.4 is 10.6 Å². The van der Waals surface area contributed by atoms with Crippen LogP contribution in [0.4, 0.5) is 11.4 Å². The van der Waals surface area contributed by atoms with Crippen molar-refractivity contribution in [3.8, 4) is 0 Å². The Kier molecular flexibility index (Phi) is 9.29. The van der Waals surface area contributed by atoms with E-state index in [4.69, 9.17) is 9.47 Å². The molecule has 2 aromatic rings. The van der Waals surface area contributed by atoms with Crippen LogP contribution >= 0.6 is 22.6 Å². The first kappa shape index (κ1) is 24.6. The van der Waals surface area contributed by atoms with Crippen molar-refractivity contribution in [2.75, 3.05) is 24.4 Å². The van der Waals surface area contributed by atoms with Gasteiger partial charge in [0, 0.05) is 21.7 Å². The number of aryl methyl sites for hydroxylation is 1. The van der Waals surface area contributed by atoms with Crippen LogP contribution in [0.3, 0.4) is 0 Å². The number of benzene rings is 2. The first-order valence-corrected chi connectivity index (χ1v) is 11.1. The molecule has 0 aromatic heterocycles. The van der Waals surface area contributed by atoms with E-state index in [9.17, 15) is 14.4 Å². The van der Waals surface area contributed by atoms with Crippen molar-refractivity contribution in [3.63, 3.8) is 0 Å². The van der Waals surface area contributed by atoms with Crippen molar-refractivity contribution < 1.29 is 23.9 Å². The normalized spacial score (nSPS) is 10.5. The molecule has 0 saturated heterocycles. The lowest BCUT2D eigenvalue weighted by Gasteiger charge is -2.18. The first-order valence-electron chi connectivity index (χ1n) is 10.00. The minimum absolute atomic E-state index is 0.130. The Morgan fingerprint density at radius 2 is 1.84 bits per heavy atom. The second kappa shape index (κ2) is 11.7. The molecule has 0 aliphatic rings. The fourth-order valence-electron chi connectivity index (χ4n) is 3.03. The number of carbonyl (C=O) groups excluding carboxylic acids is 3. The lowest BCUT2D eigenvalue weighted by molar-refractivity contribution is -0.143. The van der Waals surface area contributed by atoms with Crippen molar-refractivity contribution in [2.24, 2.45) is 0 Å². The fourth-order valence-corrected chi connectivity index (χ4v) is 3.52. The minimum Gasteiger partial charge on any atom is -0.466 e. The van der Waals surface area contributed by atoms with E-state index in [1.54, 1.807) is 31.2 Å². The Morgan fingerprint density at radius 3 is 2.48 bits per heavy atom. The van der Waals surface area contributed by atoms with Gasteiger partial charge in [0.05, 0.1) is 30.5 Å². The highest BCUT2D eigenvalue weighted by Gasteiger charge is 2.21. The van der Waals surface area contributed by atoms with Crippen molar-refractivity contribution in [2.45, 2.75) is 39.7 Å². The van der Waals surface area contributed by atoms with Crippen molar-refractivity contribution in [3.05, 3.63) is 56.7 Å². The maximum Gasteiger partial charge on any atom is 0.339 e. The number of ether oxygens (including phenoxy) is 2. The van der Waals surface area contributed by atoms with Crippen LogP contribution in [0, 0.1) is 3.57 Å². The van der Waals surface area contributed by atoms with Crippen LogP contribution in [0.15, 0.2) is 36.4 Å². The van der Waals surface area contributed by atoms with Crippen LogP contribution in [-0.4, -0.2) is 37.6 Å². The topological polar surface area (TPSA) is 93.7 Å². The molecular weight excluding hydrogens is 511 g/mol. The van der Waals surface area contributed by atoms with E-state index in [1.165, 1.54) is 7.11 Å². The van der Waals surface area contributed by atoms with Gasteiger partial charge in [0.15, 0.2) is 0 Å². The number of halogens is 1. The average Bonchev–Trinajstić information content (AvgIpc) is 2.73. The molecule has 2 rings (SSSR count). The molecule has 31 heavy (non-hydrogen) atoms. The number of rotatable bonds is 9. The molecule has 0 aliphatic carbocycles. The standard InChI is InChI=1S/C23H27IN2O5/c1-5-31-20(27)12-9-15-7-6-8-17(23(29)30-4)21(15)26-22(28)18-13-16(24)10-11-19(18)25-14(2)3/h6-8,10-11,13-14,25H,5,9,12H2,1-4H3,(H,26,28). The number of amides is 1. The smallest absolute Gasteiger partial charge is 0.339 e. The fraction of sp³-hybridized carbons (Fsp3) is 0.348. The Labute approximate surface area is 196 Å². The molecule has 2 aromatic carbocycles. The quantitative estimate of drug-likeness (QED) is 0.357. The van der Waals surface area contributed by atoms with Gasteiger partial charge in [-0.25, -0.2) is 4.79 Å². The second-order valence-corrected chi connectivity index (χ2v) is 8.32. The number of methoxy groups -OCH3 is 1. The van der Waals surface area contributed by atoms with Gasteiger partial charge in [0.1, 0.15) is 0 Å². The Morgan fingerprint density at radius 1 is 1.10 bits per heavy atom. The second-order valence-electron chi connectivity index (χ2n) is 7.08. The summed E-state index contributed by atoms with van der Waals surface area (Å²) in [5, 5.41) is 6.14. The molecule has 2 N–H and O–H groups in total. The van der Waals surface area contributed by atoms with Gasteiger partial charge in [-0.3, -0.25) is 9.59 Å². The molecule has 0 atom stereocenters. The molecule has 7 nitrogen and oxygen atoms in total. The summed E-state index contributed by atoms with van der Waals surface area (Å²) in [6, 6.07) is 10.7. The Hall–Kier alpha value is -2.62. The van der Waals surface area contributed by atoms with Gasteiger partial charge >= 0.3 is 11.9 Å². The molecule has 0 bridgehead atoms. The SMILES string of the molecule is CCOC(=O)CCc1cccc(C(=O)OC)c1NC(=O)c1cc(I)ccc1NC(C)C. The summed E-state index contributed by atoms with van der Waals surface area (Å²) in [5.74, 6) is -1.28. The maximum absolute atomic E-state index is 13.2. The van der Waals surface area contributed by atoms with Crippen LogP contribution in [0.2, 0.25) is 0 Å². The summed E-state index contributed by atoms with van der Waals surface area (Å²) in [7, 11) is 1.28. The van der Waals surface area contributed by atoms with Gasteiger partial charge in [0.2, 0.25) is 0 Å². The van der Waals surface area contributed by atoms with Crippen LogP contribution in [0.5, 0.6) is 0 Å². The van der Waals surface area contributed by atoms with E-state index in [-0.39, 0.29) is 29.9 Å². The number of carbonyl (C=O) groups is 3. The first-order chi connectivity index (χ1) is 14.8. The monoisotopic (exact) mass is 538 g/mol. The molecular formula is C23H27IN2O5. The highest BCUT2D eigenvalue weighted by Crippen LogP contribution is 2.27. The highest BCUT2D eigenvalue weighted by atomic mass is 127. The van der Waals surface area contributed by atoms with Crippen LogP contribution in [0.25, 0.3) is 0 Å². The summed E-state index contributed by atoms with van der Waals surface area (Å²) in [5.41, 5.74) is 2.35. The zero-order valence-electron chi connectivity index (χ0n) is 18.1. The van der Waals surface area contributed by atoms with Gasteiger partial charge in [0.25, 0.3) is 5.91 Å². The van der Waals surface area contributed by atoms with Gasteiger partial charge < -0.3 is 20.1 Å². The summed E-state index contributed by atoms with van der Waals surface area (Å²) in [6.45, 7) is 6.01. The van der Waals surface area contributed by atoms with E-state index < -0.39 is 5.97 Å². The number of hydrogen-bond donors (Lipinski definition) is 2. The number of hydrogen-bond acceptors (Lipinski definition) is 6. The predicted octanol–water partition coefficient (Wildman–Crippen LogP) is 4.65. The molecule has 0 saturated carbocycles. The molecule has 0 spiro atoms. The van der Waals surface area contributed by atoms with E-state index in [0.717, 1.165) is 3.57 Å². The lowest BCUT2D eigenvalue weighted by atomic mass is 10.0. The van der Waals surface area contributed by atoms with Crippen LogP contribution in [-0.2, 0) is 20.7 Å². The molecule has 0 aliphatic heterocycles. The number of para-hydroxylation sites is 1. The summed E-state index contributed by atoms with van der Waals surface area (Å²) in [6.07, 6.45) is 0.438. The summed E-state index contributed by atoms with van der Waals surface area (Å²) < 4.78 is 10.8. The average molecular weight is 538 g/mol. The molecule has 0 unspecified atom stereocenters. The van der Waals surface area contributed by atoms with Gasteiger partial charge in [-0.05, 0) is 79.6 Å². The van der Waals surface area contributed by atoms with Crippen LogP contribution in [0.1, 0.15) is 53.5 Å². The largest absolute Gasteiger partial charge is 0.466 e. The molecule has 166 valence electrons. The van der Waals surface area contributed by atoms with E-state index in [0.29, 0.717) is 35.5 Å². The third-order valence-corrected chi connectivity index (χ3v) is 5.04. The Balaban J connectivity index is 2.42. The third kappa shape index (κ3) is 6.95. The van der Waals surface area contributed by atoms with Crippen molar-refractivity contribution in [1.82, 2.24) is 0 Å². The molecule has 8 heteroatoms. The van der Waals surface area contributed by atoms with Crippen molar-refractivity contribution >= 4 is 51.8 Å². The van der Waals surface area contributed by atoms with E-state index in [1.807, 2.05) is 26.0 Å². The molecule has 0 radical (unpaired) electrons.